The molecule has 0 aliphatic rings. The number of rotatable bonds is 7. The molecule has 0 aromatic heterocycles. The van der Waals surface area contributed by atoms with E-state index < -0.39 is 0 Å². The highest BCUT2D eigenvalue weighted by Gasteiger charge is 2.04. The summed E-state index contributed by atoms with van der Waals surface area (Å²) in [7, 11) is 2.04. The van der Waals surface area contributed by atoms with Crippen LogP contribution >= 0.6 is 0 Å². The minimum Gasteiger partial charge on any atom is -0.375 e. The molecule has 4 heteroatoms. The number of carbonyl (C=O) groups is 1. The lowest BCUT2D eigenvalue weighted by molar-refractivity contribution is -0.120. The van der Waals surface area contributed by atoms with E-state index in [4.69, 9.17) is 0 Å². The van der Waals surface area contributed by atoms with Crippen LogP contribution in [0.1, 0.15) is 12.0 Å². The number of hydrogen-bond acceptors (Lipinski definition) is 2. The average molecular weight is 300 g/mol. The molecular weight excluding hydrogens is 279 g/mol. The fourth-order valence-corrected chi connectivity index (χ4v) is 2.21. The van der Waals surface area contributed by atoms with E-state index in [0.29, 0.717) is 6.54 Å². The van der Waals surface area contributed by atoms with E-state index in [9.17, 15) is 9.18 Å². The molecule has 3 nitrogen and oxygen atoms in total. The minimum absolute atomic E-state index is 0.0334. The number of nitrogens with one attached hydrogen (secondary N) is 1. The lowest BCUT2D eigenvalue weighted by Gasteiger charge is -2.19. The van der Waals surface area contributed by atoms with Crippen LogP contribution in [0, 0.1) is 5.82 Å². The van der Waals surface area contributed by atoms with Crippen molar-refractivity contribution in [3.63, 3.8) is 0 Å². The Labute approximate surface area is 130 Å². The third-order valence-corrected chi connectivity index (χ3v) is 3.47. The number of amides is 1. The summed E-state index contributed by atoms with van der Waals surface area (Å²) in [5.41, 5.74) is 1.99. The third-order valence-electron chi connectivity index (χ3n) is 3.47. The molecule has 0 saturated heterocycles. The van der Waals surface area contributed by atoms with Crippen LogP contribution in [0.4, 0.5) is 10.1 Å². The molecule has 2 rings (SSSR count). The SMILES string of the molecule is CN(CCCNC(=O)Cc1ccc(F)cc1)c1ccccc1. The second-order valence-corrected chi connectivity index (χ2v) is 5.26. The maximum absolute atomic E-state index is 12.8. The van der Waals surface area contributed by atoms with E-state index in [-0.39, 0.29) is 18.1 Å². The number of carbonyl (C=O) groups excluding carboxylic acids is 1. The van der Waals surface area contributed by atoms with Crippen molar-refractivity contribution in [3.05, 3.63) is 66.0 Å². The van der Waals surface area contributed by atoms with Crippen LogP contribution in [0.25, 0.3) is 0 Å². The van der Waals surface area contributed by atoms with Gasteiger partial charge in [0.15, 0.2) is 0 Å². The molecule has 0 bridgehead atoms. The van der Waals surface area contributed by atoms with Gasteiger partial charge in [0, 0.05) is 25.8 Å². The van der Waals surface area contributed by atoms with Gasteiger partial charge in [-0.15, -0.1) is 0 Å². The second kappa shape index (κ2) is 8.17. The highest BCUT2D eigenvalue weighted by Crippen LogP contribution is 2.10. The third kappa shape index (κ3) is 5.20. The van der Waals surface area contributed by atoms with E-state index >= 15 is 0 Å². The maximum Gasteiger partial charge on any atom is 0.224 e. The van der Waals surface area contributed by atoms with Gasteiger partial charge in [0.05, 0.1) is 6.42 Å². The number of para-hydroxylation sites is 1. The molecule has 1 amide bonds. The Morgan fingerprint density at radius 3 is 2.45 bits per heavy atom. The van der Waals surface area contributed by atoms with Gasteiger partial charge in [-0.25, -0.2) is 4.39 Å². The van der Waals surface area contributed by atoms with Gasteiger partial charge in [-0.05, 0) is 36.2 Å². The van der Waals surface area contributed by atoms with Crippen LogP contribution < -0.4 is 10.2 Å². The Balaban J connectivity index is 1.66. The Morgan fingerprint density at radius 1 is 1.09 bits per heavy atom. The summed E-state index contributed by atoms with van der Waals surface area (Å²) in [5, 5.41) is 2.89. The highest BCUT2D eigenvalue weighted by atomic mass is 19.1. The number of nitrogens with zero attached hydrogens (tertiary/aromatic N) is 1. The molecule has 0 aliphatic carbocycles. The predicted octanol–water partition coefficient (Wildman–Crippen LogP) is 3.01. The summed E-state index contributed by atoms with van der Waals surface area (Å²) in [6, 6.07) is 16.2. The molecule has 22 heavy (non-hydrogen) atoms. The summed E-state index contributed by atoms with van der Waals surface area (Å²) < 4.78 is 12.8. The van der Waals surface area contributed by atoms with Crippen LogP contribution in [0.2, 0.25) is 0 Å². The molecule has 116 valence electrons. The van der Waals surface area contributed by atoms with Gasteiger partial charge in [0.2, 0.25) is 5.91 Å². The molecule has 0 heterocycles. The highest BCUT2D eigenvalue weighted by molar-refractivity contribution is 5.78. The van der Waals surface area contributed by atoms with Crippen LogP contribution in [-0.2, 0) is 11.2 Å². The van der Waals surface area contributed by atoms with Crippen molar-refractivity contribution in [2.45, 2.75) is 12.8 Å². The summed E-state index contributed by atoms with van der Waals surface area (Å²) in [6.07, 6.45) is 1.16. The van der Waals surface area contributed by atoms with Crippen LogP contribution in [0.5, 0.6) is 0 Å². The largest absolute Gasteiger partial charge is 0.375 e. The molecule has 0 atom stereocenters. The molecule has 2 aromatic carbocycles. The maximum atomic E-state index is 12.8. The first-order valence-electron chi connectivity index (χ1n) is 7.42. The zero-order chi connectivity index (χ0) is 15.8. The Hall–Kier alpha value is -2.36. The summed E-state index contributed by atoms with van der Waals surface area (Å²) >= 11 is 0. The molecule has 0 spiro atoms. The average Bonchev–Trinajstić information content (AvgIpc) is 2.54. The van der Waals surface area contributed by atoms with Crippen molar-refractivity contribution >= 4 is 11.6 Å². The summed E-state index contributed by atoms with van der Waals surface area (Å²) in [5.74, 6) is -0.318. The summed E-state index contributed by atoms with van der Waals surface area (Å²) in [6.45, 7) is 1.51. The number of benzene rings is 2. The number of hydrogen-bond donors (Lipinski definition) is 1. The van der Waals surface area contributed by atoms with Crippen molar-refractivity contribution in [3.8, 4) is 0 Å². The number of halogens is 1. The van der Waals surface area contributed by atoms with E-state index in [2.05, 4.69) is 22.3 Å². The Bertz CT molecular complexity index is 584. The quantitative estimate of drug-likeness (QED) is 0.797. The van der Waals surface area contributed by atoms with Crippen molar-refractivity contribution in [1.82, 2.24) is 5.32 Å². The van der Waals surface area contributed by atoms with Gasteiger partial charge < -0.3 is 10.2 Å². The minimum atomic E-state index is -0.284. The zero-order valence-electron chi connectivity index (χ0n) is 12.8. The van der Waals surface area contributed by atoms with Gasteiger partial charge >= 0.3 is 0 Å². The van der Waals surface area contributed by atoms with Gasteiger partial charge in [-0.1, -0.05) is 30.3 Å². The van der Waals surface area contributed by atoms with Crippen LogP contribution in [0.15, 0.2) is 54.6 Å². The Kier molecular flexibility index (Phi) is 5.95. The standard InChI is InChI=1S/C18H21FN2O/c1-21(17-6-3-2-4-7-17)13-5-12-20-18(22)14-15-8-10-16(19)11-9-15/h2-4,6-11H,5,12-14H2,1H3,(H,20,22). The molecule has 0 fully saturated rings. The lowest BCUT2D eigenvalue weighted by Crippen LogP contribution is -2.29. The van der Waals surface area contributed by atoms with Crippen LogP contribution in [-0.4, -0.2) is 26.0 Å². The smallest absolute Gasteiger partial charge is 0.224 e. The predicted molar refractivity (Wildman–Crippen MR) is 87.4 cm³/mol. The zero-order valence-corrected chi connectivity index (χ0v) is 12.8. The number of anilines is 1. The van der Waals surface area contributed by atoms with Gasteiger partial charge in [-0.3, -0.25) is 4.79 Å². The fraction of sp³-hybridized carbons (Fsp3) is 0.278. The van der Waals surface area contributed by atoms with E-state index in [1.807, 2.05) is 25.2 Å². The first-order chi connectivity index (χ1) is 10.6. The van der Waals surface area contributed by atoms with Crippen LogP contribution in [0.3, 0.4) is 0 Å². The monoisotopic (exact) mass is 300 g/mol. The molecule has 0 unspecified atom stereocenters. The summed E-state index contributed by atoms with van der Waals surface area (Å²) in [4.78, 5) is 14.0. The fourth-order valence-electron chi connectivity index (χ4n) is 2.21. The second-order valence-electron chi connectivity index (χ2n) is 5.26. The topological polar surface area (TPSA) is 32.3 Å². The lowest BCUT2D eigenvalue weighted by atomic mass is 10.1. The van der Waals surface area contributed by atoms with Gasteiger partial charge in [-0.2, -0.15) is 0 Å². The van der Waals surface area contributed by atoms with Gasteiger partial charge in [0.25, 0.3) is 0 Å². The van der Waals surface area contributed by atoms with Crippen molar-refractivity contribution in [2.75, 3.05) is 25.0 Å². The molecule has 0 aliphatic heterocycles. The first kappa shape index (κ1) is 16.0. The Morgan fingerprint density at radius 2 is 1.77 bits per heavy atom. The molecular formula is C18H21FN2O. The molecule has 0 saturated carbocycles. The van der Waals surface area contributed by atoms with Crippen molar-refractivity contribution in [2.24, 2.45) is 0 Å². The molecule has 1 N–H and O–H groups in total. The van der Waals surface area contributed by atoms with Crippen molar-refractivity contribution in [1.29, 1.82) is 0 Å². The molecule has 0 radical (unpaired) electrons. The first-order valence-corrected chi connectivity index (χ1v) is 7.42. The normalized spacial score (nSPS) is 10.3. The van der Waals surface area contributed by atoms with E-state index in [0.717, 1.165) is 18.5 Å². The van der Waals surface area contributed by atoms with Crippen molar-refractivity contribution < 1.29 is 9.18 Å². The van der Waals surface area contributed by atoms with E-state index in [1.54, 1.807) is 12.1 Å². The van der Waals surface area contributed by atoms with E-state index in [1.165, 1.54) is 17.8 Å². The molecule has 2 aromatic rings. The van der Waals surface area contributed by atoms with Gasteiger partial charge in [0.1, 0.15) is 5.82 Å².